The lowest BCUT2D eigenvalue weighted by Crippen LogP contribution is -2.56. The molecule has 234 valence electrons. The van der Waals surface area contributed by atoms with Crippen molar-refractivity contribution < 1.29 is 19.1 Å². The smallest absolute Gasteiger partial charge is 0.246 e. The Hall–Kier alpha value is -3.49. The van der Waals surface area contributed by atoms with E-state index in [-0.39, 0.29) is 23.8 Å². The number of anilines is 1. The minimum Gasteiger partial charge on any atom is -0.359 e. The summed E-state index contributed by atoms with van der Waals surface area (Å²) in [5.74, 6) is -1.62. The zero-order valence-corrected chi connectivity index (χ0v) is 26.2. The van der Waals surface area contributed by atoms with E-state index in [2.05, 4.69) is 48.6 Å². The maximum Gasteiger partial charge on any atom is 0.246 e. The van der Waals surface area contributed by atoms with Gasteiger partial charge in [0.25, 0.3) is 0 Å². The van der Waals surface area contributed by atoms with Crippen LogP contribution in [0.1, 0.15) is 69.4 Å². The molecule has 1 aliphatic carbocycles. The molecule has 1 spiro atoms. The number of ether oxygens (including phenoxy) is 1. The number of hydrogen-bond donors (Lipinski definition) is 2. The van der Waals surface area contributed by atoms with E-state index in [1.807, 2.05) is 54.6 Å². The summed E-state index contributed by atoms with van der Waals surface area (Å²) in [6.07, 6.45) is 9.23. The van der Waals surface area contributed by atoms with E-state index in [0.29, 0.717) is 24.6 Å². The molecule has 1 saturated carbocycles. The Labute approximate surface area is 261 Å². The molecule has 2 N–H and O–H groups in total. The van der Waals surface area contributed by atoms with Crippen molar-refractivity contribution in [2.75, 3.05) is 25.5 Å². The Morgan fingerprint density at radius 1 is 1.02 bits per heavy atom. The second-order valence-electron chi connectivity index (χ2n) is 13.4. The summed E-state index contributed by atoms with van der Waals surface area (Å²) >= 11 is 0. The largest absolute Gasteiger partial charge is 0.359 e. The van der Waals surface area contributed by atoms with E-state index in [1.54, 1.807) is 4.90 Å². The average Bonchev–Trinajstić information content (AvgIpc) is 3.66. The van der Waals surface area contributed by atoms with Crippen molar-refractivity contribution in [1.29, 1.82) is 0 Å². The third-order valence-electron chi connectivity index (χ3n) is 9.96. The van der Waals surface area contributed by atoms with Crippen LogP contribution in [0.25, 0.3) is 0 Å². The number of benzene rings is 2. The summed E-state index contributed by atoms with van der Waals surface area (Å²) in [5.41, 5.74) is 1.97. The van der Waals surface area contributed by atoms with E-state index in [4.69, 9.17) is 4.74 Å². The number of nitrogens with zero attached hydrogens (tertiary/aromatic N) is 2. The van der Waals surface area contributed by atoms with Gasteiger partial charge in [-0.3, -0.25) is 14.4 Å². The highest BCUT2D eigenvalue weighted by Crippen LogP contribution is 2.55. The standard InChI is InChI=1S/C36H46N4O4/c1-24(2)26-15-17-28(18-16-26)37-33(41)30-29-19-20-36(44-29)31(30)35(43)40(32(36)34(42)38-27-13-8-5-9-14-27)22-10-21-39(3)23-25-11-6-4-7-12-25/h4,6-7,11-12,15-20,24,27,29-32H,5,8-10,13-14,21-23H2,1-3H3,(H,37,41)(H,38,42)/t29-,30-,31-,32+,36-/m0/s1. The van der Waals surface area contributed by atoms with Gasteiger partial charge in [-0.2, -0.15) is 0 Å². The highest BCUT2D eigenvalue weighted by molar-refractivity contribution is 6.02. The van der Waals surface area contributed by atoms with Crippen molar-refractivity contribution in [3.63, 3.8) is 0 Å². The molecule has 5 atom stereocenters. The quantitative estimate of drug-likeness (QED) is 0.360. The van der Waals surface area contributed by atoms with E-state index < -0.39 is 29.6 Å². The fraction of sp³-hybridized carbons (Fsp3) is 0.528. The molecule has 3 heterocycles. The first-order valence-corrected chi connectivity index (χ1v) is 16.4. The first-order chi connectivity index (χ1) is 21.3. The number of nitrogens with one attached hydrogen (secondary N) is 2. The van der Waals surface area contributed by atoms with E-state index in [9.17, 15) is 14.4 Å². The third kappa shape index (κ3) is 5.94. The van der Waals surface area contributed by atoms with Gasteiger partial charge in [0, 0.05) is 24.8 Å². The fourth-order valence-electron chi connectivity index (χ4n) is 7.70. The van der Waals surface area contributed by atoms with Gasteiger partial charge in [-0.05, 0) is 62.0 Å². The molecule has 0 aromatic heterocycles. The predicted molar refractivity (Wildman–Crippen MR) is 171 cm³/mol. The van der Waals surface area contributed by atoms with Gasteiger partial charge in [0.1, 0.15) is 11.6 Å². The summed E-state index contributed by atoms with van der Waals surface area (Å²) in [4.78, 5) is 46.1. The Balaban J connectivity index is 1.20. The normalized spacial score (nSPS) is 27.8. The summed E-state index contributed by atoms with van der Waals surface area (Å²) in [6, 6.07) is 17.4. The zero-order valence-electron chi connectivity index (χ0n) is 26.2. The van der Waals surface area contributed by atoms with Crippen LogP contribution < -0.4 is 10.6 Å². The molecule has 8 heteroatoms. The van der Waals surface area contributed by atoms with Crippen LogP contribution >= 0.6 is 0 Å². The summed E-state index contributed by atoms with van der Waals surface area (Å²) in [5, 5.41) is 6.31. The lowest BCUT2D eigenvalue weighted by atomic mass is 9.74. The molecule has 44 heavy (non-hydrogen) atoms. The molecule has 0 radical (unpaired) electrons. The highest BCUT2D eigenvalue weighted by atomic mass is 16.5. The SMILES string of the molecule is CC(C)c1ccc(NC(=O)[C@H]2[C@@H]3C=C[C@]4(O3)[C@@H]2C(=O)N(CCCN(C)Cc2ccccc2)[C@@H]4C(=O)NC2CCCCC2)cc1. The van der Waals surface area contributed by atoms with Crippen molar-refractivity contribution >= 4 is 23.4 Å². The van der Waals surface area contributed by atoms with Crippen LogP contribution in [0, 0.1) is 11.8 Å². The number of carbonyl (C=O) groups is 3. The number of amides is 3. The molecule has 6 rings (SSSR count). The van der Waals surface area contributed by atoms with Gasteiger partial charge in [-0.15, -0.1) is 0 Å². The van der Waals surface area contributed by atoms with Gasteiger partial charge in [0.05, 0.1) is 17.9 Å². The van der Waals surface area contributed by atoms with Crippen molar-refractivity contribution in [3.05, 3.63) is 77.9 Å². The monoisotopic (exact) mass is 598 g/mol. The fourth-order valence-corrected chi connectivity index (χ4v) is 7.70. The van der Waals surface area contributed by atoms with Gasteiger partial charge in [-0.1, -0.05) is 87.7 Å². The number of rotatable bonds is 11. The lowest BCUT2D eigenvalue weighted by Gasteiger charge is -2.34. The second-order valence-corrected chi connectivity index (χ2v) is 13.4. The van der Waals surface area contributed by atoms with Crippen LogP contribution in [0.3, 0.4) is 0 Å². The minimum atomic E-state index is -1.14. The first kappa shape index (κ1) is 30.5. The maximum atomic E-state index is 14.3. The van der Waals surface area contributed by atoms with Crippen molar-refractivity contribution in [2.45, 2.75) is 88.6 Å². The number of hydrogen-bond acceptors (Lipinski definition) is 5. The van der Waals surface area contributed by atoms with Gasteiger partial charge in [-0.25, -0.2) is 0 Å². The first-order valence-electron chi connectivity index (χ1n) is 16.4. The van der Waals surface area contributed by atoms with Crippen LogP contribution in [-0.2, 0) is 25.7 Å². The molecule has 2 aromatic rings. The van der Waals surface area contributed by atoms with Crippen LogP contribution in [0.2, 0.25) is 0 Å². The number of likely N-dealkylation sites (tertiary alicyclic amines) is 1. The second kappa shape index (κ2) is 12.9. The van der Waals surface area contributed by atoms with Crippen LogP contribution in [-0.4, -0.2) is 71.4 Å². The summed E-state index contributed by atoms with van der Waals surface area (Å²) in [7, 11) is 2.07. The average molecular weight is 599 g/mol. The summed E-state index contributed by atoms with van der Waals surface area (Å²) < 4.78 is 6.53. The predicted octanol–water partition coefficient (Wildman–Crippen LogP) is 4.87. The molecule has 0 unspecified atom stereocenters. The molecule has 2 aromatic carbocycles. The minimum absolute atomic E-state index is 0.108. The molecule has 3 aliphatic heterocycles. The van der Waals surface area contributed by atoms with Crippen LogP contribution in [0.4, 0.5) is 5.69 Å². The molecule has 2 saturated heterocycles. The van der Waals surface area contributed by atoms with E-state index in [1.165, 1.54) is 17.5 Å². The Morgan fingerprint density at radius 3 is 2.45 bits per heavy atom. The molecule has 3 fully saturated rings. The Kier molecular flexibility index (Phi) is 8.92. The Bertz CT molecular complexity index is 1370. The number of carbonyl (C=O) groups excluding carboxylic acids is 3. The van der Waals surface area contributed by atoms with Crippen LogP contribution in [0.15, 0.2) is 66.7 Å². The van der Waals surface area contributed by atoms with Gasteiger partial charge >= 0.3 is 0 Å². The topological polar surface area (TPSA) is 91.0 Å². The highest BCUT2D eigenvalue weighted by Gasteiger charge is 2.72. The molecule has 3 amide bonds. The molecule has 4 aliphatic rings. The zero-order chi connectivity index (χ0) is 30.8. The van der Waals surface area contributed by atoms with Crippen molar-refractivity contribution in [3.8, 4) is 0 Å². The number of fused-ring (bicyclic) bond motifs is 1. The van der Waals surface area contributed by atoms with Crippen LogP contribution in [0.5, 0.6) is 0 Å². The van der Waals surface area contributed by atoms with Gasteiger partial charge in [0.15, 0.2) is 0 Å². The van der Waals surface area contributed by atoms with Gasteiger partial charge < -0.3 is 25.2 Å². The molecular formula is C36H46N4O4. The Morgan fingerprint density at radius 2 is 1.75 bits per heavy atom. The van der Waals surface area contributed by atoms with E-state index in [0.717, 1.165) is 38.8 Å². The van der Waals surface area contributed by atoms with Crippen molar-refractivity contribution in [1.82, 2.24) is 15.1 Å². The maximum absolute atomic E-state index is 14.3. The molecule has 2 bridgehead atoms. The molecule has 8 nitrogen and oxygen atoms in total. The lowest BCUT2D eigenvalue weighted by molar-refractivity contribution is -0.141. The molecular weight excluding hydrogens is 552 g/mol. The third-order valence-corrected chi connectivity index (χ3v) is 9.96. The van der Waals surface area contributed by atoms with Crippen molar-refractivity contribution in [2.24, 2.45) is 11.8 Å². The van der Waals surface area contributed by atoms with E-state index >= 15 is 0 Å². The summed E-state index contributed by atoms with van der Waals surface area (Å²) in [6.45, 7) is 6.26. The van der Waals surface area contributed by atoms with Gasteiger partial charge in [0.2, 0.25) is 17.7 Å².